The van der Waals surface area contributed by atoms with E-state index in [0.29, 0.717) is 5.92 Å². The zero-order chi connectivity index (χ0) is 16.1. The van der Waals surface area contributed by atoms with Crippen LogP contribution in [0.15, 0.2) is 42.5 Å². The van der Waals surface area contributed by atoms with E-state index in [2.05, 4.69) is 29.6 Å². The Morgan fingerprint density at radius 3 is 2.79 bits per heavy atom. The number of urea groups is 1. The maximum atomic E-state index is 12.8. The lowest BCUT2D eigenvalue weighted by Gasteiger charge is -2.36. The van der Waals surface area contributed by atoms with Crippen molar-refractivity contribution in [1.82, 2.24) is 5.32 Å². The second kappa shape index (κ2) is 5.26. The van der Waals surface area contributed by atoms with Gasteiger partial charge in [-0.25, -0.2) is 4.79 Å². The molecule has 2 amide bonds. The molecule has 1 N–H and O–H groups in total. The minimum Gasteiger partial charge on any atom is -0.493 e. The molecule has 2 aromatic carbocycles. The van der Waals surface area contributed by atoms with Gasteiger partial charge in [-0.3, -0.25) is 4.90 Å². The Bertz CT molecular complexity index is 799. The van der Waals surface area contributed by atoms with Gasteiger partial charge in [-0.2, -0.15) is 0 Å². The predicted octanol–water partition coefficient (Wildman–Crippen LogP) is 3.65. The molecule has 1 aliphatic carbocycles. The van der Waals surface area contributed by atoms with E-state index < -0.39 is 0 Å². The number of nitrogens with zero attached hydrogens (tertiary/aromatic N) is 1. The highest BCUT2D eigenvalue weighted by atomic mass is 16.5. The van der Waals surface area contributed by atoms with Crippen molar-refractivity contribution in [3.8, 4) is 5.75 Å². The van der Waals surface area contributed by atoms with Crippen LogP contribution in [-0.4, -0.2) is 19.2 Å². The van der Waals surface area contributed by atoms with Crippen LogP contribution in [0.2, 0.25) is 0 Å². The van der Waals surface area contributed by atoms with Gasteiger partial charge in [-0.05, 0) is 42.0 Å². The summed E-state index contributed by atoms with van der Waals surface area (Å²) in [5.74, 6) is 1.62. The van der Waals surface area contributed by atoms with Crippen LogP contribution in [0, 0.1) is 5.92 Å². The summed E-state index contributed by atoms with van der Waals surface area (Å²) in [6.45, 7) is 1.55. The number of anilines is 1. The molecule has 0 radical (unpaired) electrons. The third kappa shape index (κ3) is 2.25. The molecule has 1 unspecified atom stereocenters. The van der Waals surface area contributed by atoms with Gasteiger partial charge < -0.3 is 10.1 Å². The molecule has 2 heterocycles. The Balaban J connectivity index is 1.63. The summed E-state index contributed by atoms with van der Waals surface area (Å²) in [6.07, 6.45) is 3.39. The van der Waals surface area contributed by atoms with Gasteiger partial charge >= 0.3 is 6.03 Å². The fourth-order valence-electron chi connectivity index (χ4n) is 3.73. The number of carbonyl (C=O) groups excluding carboxylic acids is 1. The van der Waals surface area contributed by atoms with Crippen LogP contribution in [0.5, 0.6) is 5.75 Å². The minimum atomic E-state index is -0.112. The number of hydrogen-bond donors (Lipinski definition) is 1. The van der Waals surface area contributed by atoms with Crippen LogP contribution in [0.25, 0.3) is 0 Å². The average molecular weight is 320 g/mol. The van der Waals surface area contributed by atoms with Gasteiger partial charge in [-0.1, -0.05) is 30.3 Å². The van der Waals surface area contributed by atoms with Crippen molar-refractivity contribution in [3.63, 3.8) is 0 Å². The highest BCUT2D eigenvalue weighted by Crippen LogP contribution is 2.42. The third-order valence-corrected chi connectivity index (χ3v) is 5.22. The van der Waals surface area contributed by atoms with Crippen LogP contribution >= 0.6 is 0 Å². The third-order valence-electron chi connectivity index (χ3n) is 5.22. The lowest BCUT2D eigenvalue weighted by molar-refractivity contribution is 0.242. The number of fused-ring (bicyclic) bond motifs is 2. The Morgan fingerprint density at radius 1 is 1.17 bits per heavy atom. The van der Waals surface area contributed by atoms with Crippen LogP contribution in [0.1, 0.15) is 35.6 Å². The second-order valence-corrected chi connectivity index (χ2v) is 6.96. The quantitative estimate of drug-likeness (QED) is 0.938. The number of rotatable bonds is 3. The topological polar surface area (TPSA) is 41.6 Å². The van der Waals surface area contributed by atoms with E-state index in [1.165, 1.54) is 18.4 Å². The lowest BCUT2D eigenvalue weighted by Crippen LogP contribution is -2.47. The van der Waals surface area contributed by atoms with Crippen molar-refractivity contribution in [2.45, 2.75) is 25.3 Å². The number of benzene rings is 2. The molecule has 4 nitrogen and oxygen atoms in total. The van der Waals surface area contributed by atoms with Gasteiger partial charge in [0.1, 0.15) is 5.75 Å². The van der Waals surface area contributed by atoms with Crippen LogP contribution < -0.4 is 15.0 Å². The van der Waals surface area contributed by atoms with E-state index >= 15 is 0 Å². The second-order valence-electron chi connectivity index (χ2n) is 6.96. The smallest absolute Gasteiger partial charge is 0.322 e. The molecule has 2 aromatic rings. The molecule has 0 spiro atoms. The molecule has 1 saturated carbocycles. The van der Waals surface area contributed by atoms with Gasteiger partial charge in [0.15, 0.2) is 0 Å². The van der Waals surface area contributed by atoms with Crippen LogP contribution in [-0.2, 0) is 6.42 Å². The highest BCUT2D eigenvalue weighted by Gasteiger charge is 2.36. The van der Waals surface area contributed by atoms with Crippen molar-refractivity contribution in [1.29, 1.82) is 0 Å². The maximum absolute atomic E-state index is 12.8. The molecule has 5 rings (SSSR count). The molecule has 2 aliphatic heterocycles. The summed E-state index contributed by atoms with van der Waals surface area (Å²) in [4.78, 5) is 14.7. The van der Waals surface area contributed by atoms with Gasteiger partial charge in [-0.15, -0.1) is 0 Å². The van der Waals surface area contributed by atoms with E-state index in [9.17, 15) is 4.79 Å². The van der Waals surface area contributed by atoms with Crippen LogP contribution in [0.3, 0.4) is 0 Å². The molecular formula is C20H20N2O2. The Hall–Kier alpha value is -2.49. The number of ether oxygens (including phenoxy) is 1. The molecular weight excluding hydrogens is 300 g/mol. The standard InChI is InChI=1S/C20H20N2O2/c23-20-21-19(14-4-2-1-3-5-14)16-11-18-15(8-9-24-18)10-17(16)22(20)12-13-6-7-13/h1-5,10-11,13,19H,6-9,12H2,(H,21,23). The predicted molar refractivity (Wildman–Crippen MR) is 92.5 cm³/mol. The van der Waals surface area contributed by atoms with E-state index in [1.54, 1.807) is 0 Å². The average Bonchev–Trinajstić information content (AvgIpc) is 3.32. The molecule has 1 fully saturated rings. The summed E-state index contributed by atoms with van der Waals surface area (Å²) in [5.41, 5.74) is 4.53. The summed E-state index contributed by atoms with van der Waals surface area (Å²) >= 11 is 0. The highest BCUT2D eigenvalue weighted by molar-refractivity contribution is 5.96. The SMILES string of the molecule is O=C1NC(c2ccccc2)c2cc3c(cc2N1CC1CC1)CCO3. The van der Waals surface area contributed by atoms with Crippen molar-refractivity contribution in [2.24, 2.45) is 5.92 Å². The van der Waals surface area contributed by atoms with Crippen molar-refractivity contribution in [2.75, 3.05) is 18.1 Å². The van der Waals surface area contributed by atoms with E-state index in [4.69, 9.17) is 4.74 Å². The van der Waals surface area contributed by atoms with Gasteiger partial charge in [0.25, 0.3) is 0 Å². The van der Waals surface area contributed by atoms with Crippen LogP contribution in [0.4, 0.5) is 10.5 Å². The first-order chi connectivity index (χ1) is 11.8. The normalized spacial score (nSPS) is 21.8. The minimum absolute atomic E-state index is 0.0159. The van der Waals surface area contributed by atoms with Gasteiger partial charge in [0, 0.05) is 18.5 Å². The maximum Gasteiger partial charge on any atom is 0.322 e. The van der Waals surface area contributed by atoms with E-state index in [1.807, 2.05) is 23.1 Å². The monoisotopic (exact) mass is 320 g/mol. The Morgan fingerprint density at radius 2 is 2.00 bits per heavy atom. The summed E-state index contributed by atoms with van der Waals surface area (Å²) in [6, 6.07) is 14.4. The Kier molecular flexibility index (Phi) is 3.05. The zero-order valence-electron chi connectivity index (χ0n) is 13.5. The number of amides is 2. The first-order valence-electron chi connectivity index (χ1n) is 8.72. The first-order valence-corrected chi connectivity index (χ1v) is 8.72. The van der Waals surface area contributed by atoms with Crippen molar-refractivity contribution < 1.29 is 9.53 Å². The Labute approximate surface area is 141 Å². The van der Waals surface area contributed by atoms with Gasteiger partial charge in [0.05, 0.1) is 18.3 Å². The summed E-state index contributed by atoms with van der Waals surface area (Å²) in [5, 5.41) is 3.19. The fraction of sp³-hybridized carbons (Fsp3) is 0.350. The molecule has 0 saturated heterocycles. The fourth-order valence-corrected chi connectivity index (χ4v) is 3.73. The molecule has 3 aliphatic rings. The molecule has 122 valence electrons. The van der Waals surface area contributed by atoms with Crippen molar-refractivity contribution in [3.05, 3.63) is 59.2 Å². The lowest BCUT2D eigenvalue weighted by atomic mass is 9.93. The summed E-state index contributed by atoms with van der Waals surface area (Å²) in [7, 11) is 0. The van der Waals surface area contributed by atoms with E-state index in [0.717, 1.165) is 42.1 Å². The van der Waals surface area contributed by atoms with E-state index in [-0.39, 0.29) is 12.1 Å². The summed E-state index contributed by atoms with van der Waals surface area (Å²) < 4.78 is 5.77. The number of carbonyl (C=O) groups is 1. The molecule has 0 aromatic heterocycles. The van der Waals surface area contributed by atoms with Gasteiger partial charge in [0.2, 0.25) is 0 Å². The largest absolute Gasteiger partial charge is 0.493 e. The number of hydrogen-bond acceptors (Lipinski definition) is 2. The molecule has 4 heteroatoms. The number of nitrogens with one attached hydrogen (secondary N) is 1. The van der Waals surface area contributed by atoms with Crippen molar-refractivity contribution >= 4 is 11.7 Å². The molecule has 0 bridgehead atoms. The first kappa shape index (κ1) is 13.9. The molecule has 24 heavy (non-hydrogen) atoms. The zero-order valence-corrected chi connectivity index (χ0v) is 13.5. The molecule has 1 atom stereocenters.